The second-order valence-electron chi connectivity index (χ2n) is 7.58. The average Bonchev–Trinajstić information content (AvgIpc) is 2.81. The van der Waals surface area contributed by atoms with Crippen LogP contribution in [-0.4, -0.2) is 18.7 Å². The fraction of sp³-hybridized carbons (Fsp3) is 0.231. The van der Waals surface area contributed by atoms with Gasteiger partial charge in [0.2, 0.25) is 11.2 Å². The Morgan fingerprint density at radius 2 is 1.74 bits per heavy atom. The second-order valence-corrected chi connectivity index (χ2v) is 7.58. The number of esters is 1. The lowest BCUT2D eigenvalue weighted by Crippen LogP contribution is -2.28. The van der Waals surface area contributed by atoms with Crippen molar-refractivity contribution < 1.29 is 31.9 Å². The Balaban J connectivity index is 1.90. The molecule has 0 aliphatic heterocycles. The van der Waals surface area contributed by atoms with Crippen molar-refractivity contribution in [3.8, 4) is 16.9 Å². The highest BCUT2D eigenvalue weighted by Gasteiger charge is 2.39. The highest BCUT2D eigenvalue weighted by Crippen LogP contribution is 2.39. The quantitative estimate of drug-likeness (QED) is 0.307. The normalized spacial score (nSPS) is 12.6. The minimum atomic E-state index is -4.92. The van der Waals surface area contributed by atoms with E-state index in [1.54, 1.807) is 50.2 Å². The summed E-state index contributed by atoms with van der Waals surface area (Å²) in [5, 5.41) is 1.16. The third kappa shape index (κ3) is 4.35. The lowest BCUT2D eigenvalue weighted by molar-refractivity contribution is -0.152. The van der Waals surface area contributed by atoms with Gasteiger partial charge < -0.3 is 13.9 Å². The molecule has 1 atom stereocenters. The number of rotatable bonds is 6. The molecule has 0 aliphatic rings. The average molecular weight is 470 g/mol. The Morgan fingerprint density at radius 3 is 2.44 bits per heavy atom. The predicted molar refractivity (Wildman–Crippen MR) is 122 cm³/mol. The van der Waals surface area contributed by atoms with Crippen molar-refractivity contribution in [2.75, 3.05) is 6.61 Å². The molecule has 0 unspecified atom stereocenters. The van der Waals surface area contributed by atoms with Crippen LogP contribution in [0, 0.1) is 0 Å². The number of ether oxygens (including phenoxy) is 2. The van der Waals surface area contributed by atoms with Crippen molar-refractivity contribution >= 4 is 27.7 Å². The molecule has 0 N–H and O–H groups in total. The Morgan fingerprint density at radius 1 is 1.00 bits per heavy atom. The lowest BCUT2D eigenvalue weighted by atomic mass is 9.96. The van der Waals surface area contributed by atoms with Gasteiger partial charge in [0.05, 0.1) is 17.6 Å². The van der Waals surface area contributed by atoms with E-state index in [4.69, 9.17) is 13.9 Å². The van der Waals surface area contributed by atoms with Crippen LogP contribution in [0.15, 0.2) is 69.9 Å². The Hall–Kier alpha value is -3.81. The van der Waals surface area contributed by atoms with Crippen LogP contribution in [-0.2, 0) is 15.7 Å². The van der Waals surface area contributed by atoms with E-state index in [1.807, 2.05) is 0 Å². The number of hydrogen-bond acceptors (Lipinski definition) is 5. The molecule has 4 rings (SSSR count). The molecule has 5 nitrogen and oxygen atoms in total. The molecule has 0 radical (unpaired) electrons. The van der Waals surface area contributed by atoms with Gasteiger partial charge in [-0.2, -0.15) is 13.2 Å². The molecule has 0 amide bonds. The molecular weight excluding hydrogens is 449 g/mol. The van der Waals surface area contributed by atoms with Crippen molar-refractivity contribution in [1.29, 1.82) is 0 Å². The zero-order chi connectivity index (χ0) is 24.5. The van der Waals surface area contributed by atoms with Gasteiger partial charge in [-0.25, -0.2) is 4.79 Å². The summed E-state index contributed by atoms with van der Waals surface area (Å²) in [6.07, 6.45) is -5.58. The number of carbonyl (C=O) groups excluding carboxylic acids is 1. The molecular formula is C26H21F3O5. The molecule has 0 saturated carbocycles. The van der Waals surface area contributed by atoms with Crippen molar-refractivity contribution in [3.63, 3.8) is 0 Å². The summed E-state index contributed by atoms with van der Waals surface area (Å²) in [6.45, 7) is 3.53. The molecule has 1 aromatic heterocycles. The number of halogens is 3. The molecule has 1 heterocycles. The van der Waals surface area contributed by atoms with Crippen LogP contribution in [0.3, 0.4) is 0 Å². The van der Waals surface area contributed by atoms with E-state index < -0.39 is 35.0 Å². The molecule has 0 fully saturated rings. The van der Waals surface area contributed by atoms with Gasteiger partial charge >= 0.3 is 12.1 Å². The number of fused-ring (bicyclic) bond motifs is 2. The van der Waals surface area contributed by atoms with E-state index in [9.17, 15) is 22.8 Å². The van der Waals surface area contributed by atoms with Crippen LogP contribution < -0.4 is 10.2 Å². The zero-order valence-corrected chi connectivity index (χ0v) is 18.4. The summed E-state index contributed by atoms with van der Waals surface area (Å²) in [5.74, 6) is -1.90. The van der Waals surface area contributed by atoms with E-state index in [1.165, 1.54) is 24.3 Å². The molecule has 3 aromatic carbocycles. The Bertz CT molecular complexity index is 1420. The molecule has 8 heteroatoms. The second kappa shape index (κ2) is 9.21. The lowest BCUT2D eigenvalue weighted by Gasteiger charge is -2.17. The minimum Gasteiger partial charge on any atom is -0.479 e. The summed E-state index contributed by atoms with van der Waals surface area (Å²) in [7, 11) is 0. The molecule has 4 aromatic rings. The smallest absolute Gasteiger partial charge is 0.450 e. The molecule has 34 heavy (non-hydrogen) atoms. The summed E-state index contributed by atoms with van der Waals surface area (Å²) >= 11 is 0. The van der Waals surface area contributed by atoms with Crippen LogP contribution in [0.25, 0.3) is 32.9 Å². The molecule has 176 valence electrons. The van der Waals surface area contributed by atoms with E-state index >= 15 is 0 Å². The van der Waals surface area contributed by atoms with Gasteiger partial charge in [-0.1, -0.05) is 49.4 Å². The Kier molecular flexibility index (Phi) is 6.32. The number of alkyl halides is 3. The maximum absolute atomic E-state index is 14.1. The van der Waals surface area contributed by atoms with E-state index in [0.717, 1.165) is 0 Å². The van der Waals surface area contributed by atoms with Gasteiger partial charge in [0, 0.05) is 6.07 Å². The summed E-state index contributed by atoms with van der Waals surface area (Å²) in [6, 6.07) is 15.6. The highest BCUT2D eigenvalue weighted by atomic mass is 19.4. The SMILES string of the molecule is CCOC(=O)[C@H](CC)Oc1ccc2c(=O)c(-c3cccc4ccccc34)c(C(F)(F)F)oc2c1. The maximum atomic E-state index is 14.1. The third-order valence-electron chi connectivity index (χ3n) is 5.38. The van der Waals surface area contributed by atoms with E-state index in [-0.39, 0.29) is 35.3 Å². The topological polar surface area (TPSA) is 65.7 Å². The monoisotopic (exact) mass is 470 g/mol. The van der Waals surface area contributed by atoms with Crippen LogP contribution in [0.5, 0.6) is 5.75 Å². The fourth-order valence-electron chi connectivity index (χ4n) is 3.83. The van der Waals surface area contributed by atoms with Crippen LogP contribution in [0.2, 0.25) is 0 Å². The zero-order valence-electron chi connectivity index (χ0n) is 18.4. The van der Waals surface area contributed by atoms with Crippen LogP contribution in [0.4, 0.5) is 13.2 Å². The van der Waals surface area contributed by atoms with Crippen molar-refractivity contribution in [2.45, 2.75) is 32.5 Å². The fourth-order valence-corrected chi connectivity index (χ4v) is 3.83. The van der Waals surface area contributed by atoms with Crippen LogP contribution >= 0.6 is 0 Å². The number of benzene rings is 3. The van der Waals surface area contributed by atoms with Crippen molar-refractivity contribution in [2.24, 2.45) is 0 Å². The van der Waals surface area contributed by atoms with Crippen molar-refractivity contribution in [1.82, 2.24) is 0 Å². The molecule has 0 aliphatic carbocycles. The summed E-state index contributed by atoms with van der Waals surface area (Å²) in [5.41, 5.74) is -1.52. The first-order chi connectivity index (χ1) is 16.2. The van der Waals surface area contributed by atoms with Crippen molar-refractivity contribution in [3.05, 3.63) is 76.6 Å². The van der Waals surface area contributed by atoms with Gasteiger partial charge in [0.25, 0.3) is 0 Å². The van der Waals surface area contributed by atoms with Crippen LogP contribution in [0.1, 0.15) is 26.0 Å². The molecule has 0 bridgehead atoms. The predicted octanol–water partition coefficient (Wildman–Crippen LogP) is 6.35. The number of carbonyl (C=O) groups is 1. The van der Waals surface area contributed by atoms with E-state index in [2.05, 4.69) is 0 Å². The van der Waals surface area contributed by atoms with Gasteiger partial charge in [-0.3, -0.25) is 4.79 Å². The Labute approximate surface area is 192 Å². The van der Waals surface area contributed by atoms with Gasteiger partial charge in [-0.05, 0) is 41.8 Å². The number of hydrogen-bond donors (Lipinski definition) is 0. The first kappa shape index (κ1) is 23.4. The third-order valence-corrected chi connectivity index (χ3v) is 5.38. The van der Waals surface area contributed by atoms with Gasteiger partial charge in [0.1, 0.15) is 11.3 Å². The van der Waals surface area contributed by atoms with Gasteiger partial charge in [0.15, 0.2) is 6.10 Å². The first-order valence-corrected chi connectivity index (χ1v) is 10.7. The summed E-state index contributed by atoms with van der Waals surface area (Å²) < 4.78 is 58.1. The standard InChI is InChI=1S/C26H21F3O5/c1-3-20(25(31)32-4-2)33-16-12-13-19-21(14-16)34-24(26(27,28)29)22(23(19)30)18-11-7-9-15-8-5-6-10-17(15)18/h5-14,20H,3-4H2,1-2H3/t20-/m0/s1. The molecule has 0 saturated heterocycles. The highest BCUT2D eigenvalue weighted by molar-refractivity contribution is 5.98. The largest absolute Gasteiger partial charge is 0.479 e. The van der Waals surface area contributed by atoms with Gasteiger partial charge in [-0.15, -0.1) is 0 Å². The molecule has 0 spiro atoms. The maximum Gasteiger partial charge on any atom is 0.450 e. The first-order valence-electron chi connectivity index (χ1n) is 10.7. The van der Waals surface area contributed by atoms with E-state index in [0.29, 0.717) is 10.8 Å². The minimum absolute atomic E-state index is 0.0348. The summed E-state index contributed by atoms with van der Waals surface area (Å²) in [4.78, 5) is 25.4.